The highest BCUT2D eigenvalue weighted by molar-refractivity contribution is 5.98. The second kappa shape index (κ2) is 8.80. The highest BCUT2D eigenvalue weighted by atomic mass is 35.5. The van der Waals surface area contributed by atoms with Crippen LogP contribution in [0.4, 0.5) is 8.78 Å². The first-order valence-corrected chi connectivity index (χ1v) is 7.04. The van der Waals surface area contributed by atoms with Crippen LogP contribution >= 0.6 is 12.4 Å². The Morgan fingerprint density at radius 3 is 2.68 bits per heavy atom. The van der Waals surface area contributed by atoms with Crippen LogP contribution in [0.15, 0.2) is 18.2 Å². The van der Waals surface area contributed by atoms with E-state index in [-0.39, 0.29) is 42.8 Å². The molecule has 0 bridgehead atoms. The summed E-state index contributed by atoms with van der Waals surface area (Å²) >= 11 is 0. The summed E-state index contributed by atoms with van der Waals surface area (Å²) in [6.07, 6.45) is 1.84. The minimum Gasteiger partial charge on any atom is -0.352 e. The molecule has 4 nitrogen and oxygen atoms in total. The van der Waals surface area contributed by atoms with Gasteiger partial charge in [-0.1, -0.05) is 0 Å². The maximum absolute atomic E-state index is 13.4. The highest BCUT2D eigenvalue weighted by Gasteiger charge is 2.17. The molecule has 1 aromatic carbocycles. The van der Waals surface area contributed by atoms with E-state index in [9.17, 15) is 18.4 Å². The van der Waals surface area contributed by atoms with Gasteiger partial charge in [-0.2, -0.15) is 0 Å². The number of piperidine rings is 1. The predicted molar refractivity (Wildman–Crippen MR) is 81.2 cm³/mol. The molecule has 1 amide bonds. The summed E-state index contributed by atoms with van der Waals surface area (Å²) < 4.78 is 26.2. The second-order valence-electron chi connectivity index (χ2n) is 5.16. The van der Waals surface area contributed by atoms with E-state index >= 15 is 0 Å². The molecule has 1 aromatic rings. The van der Waals surface area contributed by atoms with E-state index in [4.69, 9.17) is 0 Å². The van der Waals surface area contributed by atoms with Crippen LogP contribution in [-0.4, -0.2) is 30.8 Å². The first kappa shape index (κ1) is 18.5. The zero-order valence-electron chi connectivity index (χ0n) is 12.0. The van der Waals surface area contributed by atoms with Crippen molar-refractivity contribution in [1.29, 1.82) is 0 Å². The van der Waals surface area contributed by atoms with Crippen molar-refractivity contribution in [1.82, 2.24) is 10.6 Å². The number of carbonyl (C=O) groups is 2. The SMILES string of the molecule is Cl.O=C(CCC(=O)c1ccc(F)cc1F)N[C@H]1CCCNC1. The first-order chi connectivity index (χ1) is 10.1. The topological polar surface area (TPSA) is 58.2 Å². The van der Waals surface area contributed by atoms with E-state index in [2.05, 4.69) is 10.6 Å². The smallest absolute Gasteiger partial charge is 0.220 e. The number of benzene rings is 1. The van der Waals surface area contributed by atoms with Gasteiger partial charge in [-0.3, -0.25) is 9.59 Å². The number of amides is 1. The number of rotatable bonds is 5. The molecule has 122 valence electrons. The molecule has 1 atom stereocenters. The van der Waals surface area contributed by atoms with Crippen LogP contribution in [0.25, 0.3) is 0 Å². The van der Waals surface area contributed by atoms with E-state index in [1.807, 2.05) is 0 Å². The molecule has 1 heterocycles. The molecule has 2 rings (SSSR count). The lowest BCUT2D eigenvalue weighted by Gasteiger charge is -2.23. The summed E-state index contributed by atoms with van der Waals surface area (Å²) in [7, 11) is 0. The third-order valence-electron chi connectivity index (χ3n) is 3.47. The summed E-state index contributed by atoms with van der Waals surface area (Å²) in [5, 5.41) is 6.02. The van der Waals surface area contributed by atoms with Crippen molar-refractivity contribution in [3.8, 4) is 0 Å². The standard InChI is InChI=1S/C15H18F2N2O2.ClH/c16-10-3-4-12(13(17)8-10)14(20)5-6-15(21)19-11-2-1-7-18-9-11;/h3-4,8,11,18H,1-2,5-7,9H2,(H,19,21);1H/t11-;/m0./s1. The summed E-state index contributed by atoms with van der Waals surface area (Å²) in [4.78, 5) is 23.6. The van der Waals surface area contributed by atoms with Crippen molar-refractivity contribution in [2.45, 2.75) is 31.7 Å². The lowest BCUT2D eigenvalue weighted by molar-refractivity contribution is -0.121. The van der Waals surface area contributed by atoms with Crippen LogP contribution in [0.2, 0.25) is 0 Å². The average Bonchev–Trinajstić information content (AvgIpc) is 2.46. The third kappa shape index (κ3) is 5.35. The average molecular weight is 333 g/mol. The Bertz CT molecular complexity index is 534. The molecule has 1 saturated heterocycles. The fourth-order valence-electron chi connectivity index (χ4n) is 2.35. The maximum atomic E-state index is 13.4. The van der Waals surface area contributed by atoms with Crippen molar-refractivity contribution in [3.63, 3.8) is 0 Å². The van der Waals surface area contributed by atoms with E-state index < -0.39 is 17.4 Å². The zero-order chi connectivity index (χ0) is 15.2. The Morgan fingerprint density at radius 2 is 2.05 bits per heavy atom. The van der Waals surface area contributed by atoms with Gasteiger partial charge in [0.25, 0.3) is 0 Å². The summed E-state index contributed by atoms with van der Waals surface area (Å²) in [6.45, 7) is 1.68. The molecule has 1 fully saturated rings. The Balaban J connectivity index is 0.00000242. The fourth-order valence-corrected chi connectivity index (χ4v) is 2.35. The normalized spacial score (nSPS) is 17.5. The van der Waals surface area contributed by atoms with Crippen molar-refractivity contribution < 1.29 is 18.4 Å². The van der Waals surface area contributed by atoms with Crippen LogP contribution in [0.1, 0.15) is 36.0 Å². The van der Waals surface area contributed by atoms with Gasteiger partial charge in [-0.15, -0.1) is 12.4 Å². The highest BCUT2D eigenvalue weighted by Crippen LogP contribution is 2.13. The monoisotopic (exact) mass is 332 g/mol. The molecule has 0 aliphatic carbocycles. The number of ketones is 1. The molecule has 7 heteroatoms. The number of hydrogen-bond donors (Lipinski definition) is 2. The Morgan fingerprint density at radius 1 is 1.27 bits per heavy atom. The van der Waals surface area contributed by atoms with Crippen LogP contribution in [-0.2, 0) is 4.79 Å². The second-order valence-corrected chi connectivity index (χ2v) is 5.16. The summed E-state index contributed by atoms with van der Waals surface area (Å²) in [5.74, 6) is -2.34. The predicted octanol–water partition coefficient (Wildman–Crippen LogP) is 2.22. The van der Waals surface area contributed by atoms with Crippen LogP contribution in [0.5, 0.6) is 0 Å². The van der Waals surface area contributed by atoms with Gasteiger partial charge in [-0.25, -0.2) is 8.78 Å². The van der Waals surface area contributed by atoms with E-state index in [0.29, 0.717) is 6.07 Å². The van der Waals surface area contributed by atoms with Crippen molar-refractivity contribution >= 4 is 24.1 Å². The number of halogens is 3. The van der Waals surface area contributed by atoms with Gasteiger partial charge in [0.2, 0.25) is 5.91 Å². The molecule has 22 heavy (non-hydrogen) atoms. The Kier molecular flexibility index (Phi) is 7.41. The third-order valence-corrected chi connectivity index (χ3v) is 3.47. The van der Waals surface area contributed by atoms with Gasteiger partial charge in [0.1, 0.15) is 11.6 Å². The van der Waals surface area contributed by atoms with Gasteiger partial charge in [0, 0.05) is 31.5 Å². The molecule has 0 aromatic heterocycles. The minimum absolute atomic E-state index is 0. The van der Waals surface area contributed by atoms with Crippen molar-refractivity contribution in [2.75, 3.05) is 13.1 Å². The molecule has 1 aliphatic rings. The molecule has 0 spiro atoms. The first-order valence-electron chi connectivity index (χ1n) is 7.04. The summed E-state index contributed by atoms with van der Waals surface area (Å²) in [6, 6.07) is 2.89. The van der Waals surface area contributed by atoms with Crippen LogP contribution in [0, 0.1) is 11.6 Å². The van der Waals surface area contributed by atoms with Crippen LogP contribution < -0.4 is 10.6 Å². The Labute approximate surface area is 134 Å². The number of hydrogen-bond acceptors (Lipinski definition) is 3. The van der Waals surface area contributed by atoms with E-state index in [0.717, 1.165) is 38.1 Å². The lowest BCUT2D eigenvalue weighted by Crippen LogP contribution is -2.45. The molecule has 0 unspecified atom stereocenters. The van der Waals surface area contributed by atoms with Crippen molar-refractivity contribution in [3.05, 3.63) is 35.4 Å². The number of carbonyl (C=O) groups excluding carboxylic acids is 2. The molecule has 0 radical (unpaired) electrons. The molecular formula is C15H19ClF2N2O2. The largest absolute Gasteiger partial charge is 0.352 e. The Hall–Kier alpha value is -1.53. The van der Waals surface area contributed by atoms with Gasteiger partial charge in [-0.05, 0) is 31.5 Å². The lowest BCUT2D eigenvalue weighted by atomic mass is 10.0. The quantitative estimate of drug-likeness (QED) is 0.813. The number of nitrogens with one attached hydrogen (secondary N) is 2. The molecule has 1 aliphatic heterocycles. The minimum atomic E-state index is -0.892. The maximum Gasteiger partial charge on any atom is 0.220 e. The van der Waals surface area contributed by atoms with Gasteiger partial charge in [0.05, 0.1) is 5.56 Å². The number of Topliss-reactive ketones (excluding diaryl/α,β-unsaturated/α-hetero) is 1. The van der Waals surface area contributed by atoms with E-state index in [1.165, 1.54) is 0 Å². The molecule has 2 N–H and O–H groups in total. The fraction of sp³-hybridized carbons (Fsp3) is 0.467. The van der Waals surface area contributed by atoms with E-state index in [1.54, 1.807) is 0 Å². The van der Waals surface area contributed by atoms with Gasteiger partial charge in [0.15, 0.2) is 5.78 Å². The van der Waals surface area contributed by atoms with Crippen LogP contribution in [0.3, 0.4) is 0 Å². The van der Waals surface area contributed by atoms with Crippen molar-refractivity contribution in [2.24, 2.45) is 0 Å². The molecular weight excluding hydrogens is 314 g/mol. The van der Waals surface area contributed by atoms with Gasteiger partial charge < -0.3 is 10.6 Å². The zero-order valence-corrected chi connectivity index (χ0v) is 12.8. The molecule has 0 saturated carbocycles. The summed E-state index contributed by atoms with van der Waals surface area (Å²) in [5.41, 5.74) is -0.177. The van der Waals surface area contributed by atoms with Gasteiger partial charge >= 0.3 is 0 Å².